The van der Waals surface area contributed by atoms with E-state index in [9.17, 15) is 14.0 Å². The van der Waals surface area contributed by atoms with Crippen molar-refractivity contribution >= 4 is 23.6 Å². The minimum atomic E-state index is -0.379. The highest BCUT2D eigenvalue weighted by Gasteiger charge is 2.05. The van der Waals surface area contributed by atoms with Crippen molar-refractivity contribution in [3.63, 3.8) is 0 Å². The van der Waals surface area contributed by atoms with E-state index in [2.05, 4.69) is 5.32 Å². The number of amides is 2. The van der Waals surface area contributed by atoms with Crippen LogP contribution in [0.4, 0.5) is 10.1 Å². The molecule has 0 atom stereocenters. The number of hydrogen-bond donors (Lipinski definition) is 1. The molecule has 0 aliphatic carbocycles. The van der Waals surface area contributed by atoms with Crippen LogP contribution in [0, 0.1) is 5.82 Å². The zero-order chi connectivity index (χ0) is 17.5. The van der Waals surface area contributed by atoms with Gasteiger partial charge in [-0.3, -0.25) is 9.59 Å². The molecule has 2 aromatic carbocycles. The molecule has 0 aliphatic heterocycles. The van der Waals surface area contributed by atoms with Crippen LogP contribution in [0.25, 0.3) is 6.08 Å². The summed E-state index contributed by atoms with van der Waals surface area (Å²) in [7, 11) is 1.71. The third-order valence-electron chi connectivity index (χ3n) is 3.47. The second-order valence-electron chi connectivity index (χ2n) is 5.42. The van der Waals surface area contributed by atoms with Crippen molar-refractivity contribution in [3.8, 4) is 0 Å². The average Bonchev–Trinajstić information content (AvgIpc) is 2.54. The van der Waals surface area contributed by atoms with Gasteiger partial charge in [-0.2, -0.15) is 0 Å². The summed E-state index contributed by atoms with van der Waals surface area (Å²) in [5.41, 5.74) is 1.88. The van der Waals surface area contributed by atoms with Gasteiger partial charge < -0.3 is 10.2 Å². The zero-order valence-corrected chi connectivity index (χ0v) is 13.6. The summed E-state index contributed by atoms with van der Waals surface area (Å²) in [4.78, 5) is 24.8. The number of halogens is 1. The molecule has 4 nitrogen and oxygen atoms in total. The van der Waals surface area contributed by atoms with Gasteiger partial charge in [-0.1, -0.05) is 30.3 Å². The van der Waals surface area contributed by atoms with E-state index >= 15 is 0 Å². The first-order valence-corrected chi connectivity index (χ1v) is 7.50. The first-order chi connectivity index (χ1) is 11.5. The molecule has 0 heterocycles. The molecule has 0 aromatic heterocycles. The molecule has 1 N–H and O–H groups in total. The fourth-order valence-corrected chi connectivity index (χ4v) is 2.09. The van der Waals surface area contributed by atoms with Crippen molar-refractivity contribution in [1.82, 2.24) is 4.90 Å². The Hall–Kier alpha value is -2.95. The Bertz CT molecular complexity index is 771. The third kappa shape index (κ3) is 5.05. The Balaban J connectivity index is 2.01. The lowest BCUT2D eigenvalue weighted by Crippen LogP contribution is -2.23. The van der Waals surface area contributed by atoms with E-state index in [0.717, 1.165) is 5.56 Å². The van der Waals surface area contributed by atoms with Crippen LogP contribution >= 0.6 is 0 Å². The van der Waals surface area contributed by atoms with Gasteiger partial charge in [-0.15, -0.1) is 0 Å². The van der Waals surface area contributed by atoms with Gasteiger partial charge in [0.05, 0.1) is 0 Å². The molecule has 0 radical (unpaired) electrons. The lowest BCUT2D eigenvalue weighted by Gasteiger charge is -2.15. The average molecular weight is 326 g/mol. The molecule has 5 heteroatoms. The van der Waals surface area contributed by atoms with Crippen LogP contribution in [0.5, 0.6) is 0 Å². The molecule has 24 heavy (non-hydrogen) atoms. The number of hydrogen-bond acceptors (Lipinski definition) is 2. The summed E-state index contributed by atoms with van der Waals surface area (Å²) < 4.78 is 13.5. The summed E-state index contributed by atoms with van der Waals surface area (Å²) in [5.74, 6) is -0.761. The van der Waals surface area contributed by atoms with Gasteiger partial charge in [0.15, 0.2) is 0 Å². The van der Waals surface area contributed by atoms with E-state index < -0.39 is 0 Å². The van der Waals surface area contributed by atoms with Gasteiger partial charge in [0.2, 0.25) is 11.8 Å². The molecule has 0 aliphatic rings. The van der Waals surface area contributed by atoms with Crippen molar-refractivity contribution in [1.29, 1.82) is 0 Å². The number of carbonyl (C=O) groups is 2. The van der Waals surface area contributed by atoms with Crippen LogP contribution in [0.15, 0.2) is 54.6 Å². The lowest BCUT2D eigenvalue weighted by molar-refractivity contribution is -0.128. The molecule has 2 aromatic rings. The van der Waals surface area contributed by atoms with Gasteiger partial charge in [-0.05, 0) is 29.8 Å². The predicted molar refractivity (Wildman–Crippen MR) is 92.7 cm³/mol. The first kappa shape index (κ1) is 17.4. The largest absolute Gasteiger partial charge is 0.342 e. The maximum Gasteiger partial charge on any atom is 0.248 e. The van der Waals surface area contributed by atoms with Crippen molar-refractivity contribution in [2.75, 3.05) is 12.4 Å². The minimum absolute atomic E-state index is 0.0303. The highest BCUT2D eigenvalue weighted by atomic mass is 19.1. The molecular formula is C19H19FN2O2. The Morgan fingerprint density at radius 1 is 1.17 bits per heavy atom. The molecular weight excluding hydrogens is 307 g/mol. The van der Waals surface area contributed by atoms with E-state index in [4.69, 9.17) is 0 Å². The summed E-state index contributed by atoms with van der Waals surface area (Å²) in [6, 6.07) is 13.5. The summed E-state index contributed by atoms with van der Waals surface area (Å²) in [6.07, 6.45) is 2.71. The van der Waals surface area contributed by atoms with Crippen molar-refractivity contribution in [3.05, 3.63) is 71.6 Å². The third-order valence-corrected chi connectivity index (χ3v) is 3.47. The Morgan fingerprint density at radius 3 is 2.62 bits per heavy atom. The zero-order valence-electron chi connectivity index (χ0n) is 13.6. The Kier molecular flexibility index (Phi) is 5.84. The minimum Gasteiger partial charge on any atom is -0.342 e. The van der Waals surface area contributed by atoms with E-state index in [0.29, 0.717) is 17.8 Å². The molecule has 2 rings (SSSR count). The molecule has 0 fully saturated rings. The molecule has 0 saturated carbocycles. The highest BCUT2D eigenvalue weighted by molar-refractivity contribution is 6.01. The maximum atomic E-state index is 13.5. The quantitative estimate of drug-likeness (QED) is 0.856. The summed E-state index contributed by atoms with van der Waals surface area (Å²) >= 11 is 0. The lowest BCUT2D eigenvalue weighted by atomic mass is 10.2. The van der Waals surface area contributed by atoms with Crippen LogP contribution in [0.2, 0.25) is 0 Å². The SMILES string of the molecule is CC(=O)N(C)Cc1cccc(NC(=O)/C=C/c2ccccc2F)c1. The first-order valence-electron chi connectivity index (χ1n) is 7.50. The summed E-state index contributed by atoms with van der Waals surface area (Å²) in [5, 5.41) is 2.72. The smallest absolute Gasteiger partial charge is 0.248 e. The number of benzene rings is 2. The molecule has 0 spiro atoms. The Morgan fingerprint density at radius 2 is 1.92 bits per heavy atom. The summed E-state index contributed by atoms with van der Waals surface area (Å²) in [6.45, 7) is 1.96. The van der Waals surface area contributed by atoms with Gasteiger partial charge in [0.1, 0.15) is 5.82 Å². The van der Waals surface area contributed by atoms with Gasteiger partial charge in [0.25, 0.3) is 0 Å². The van der Waals surface area contributed by atoms with E-state index in [-0.39, 0.29) is 17.6 Å². The van der Waals surface area contributed by atoms with E-state index in [1.807, 2.05) is 6.07 Å². The van der Waals surface area contributed by atoms with E-state index in [1.54, 1.807) is 48.3 Å². The predicted octanol–water partition coefficient (Wildman–Crippen LogP) is 3.46. The maximum absolute atomic E-state index is 13.5. The molecule has 0 saturated heterocycles. The van der Waals surface area contributed by atoms with E-state index in [1.165, 1.54) is 25.1 Å². The molecule has 0 bridgehead atoms. The fourth-order valence-electron chi connectivity index (χ4n) is 2.09. The van der Waals surface area contributed by atoms with Gasteiger partial charge >= 0.3 is 0 Å². The second kappa shape index (κ2) is 8.06. The van der Waals surface area contributed by atoms with Gasteiger partial charge in [0, 0.05) is 37.8 Å². The van der Waals surface area contributed by atoms with Crippen molar-refractivity contribution in [2.45, 2.75) is 13.5 Å². The Labute approximate surface area is 140 Å². The van der Waals surface area contributed by atoms with Crippen LogP contribution in [-0.4, -0.2) is 23.8 Å². The number of nitrogens with one attached hydrogen (secondary N) is 1. The normalized spacial score (nSPS) is 10.6. The molecule has 2 amide bonds. The van der Waals surface area contributed by atoms with Gasteiger partial charge in [-0.25, -0.2) is 4.39 Å². The molecule has 0 unspecified atom stereocenters. The fraction of sp³-hybridized carbons (Fsp3) is 0.158. The van der Waals surface area contributed by atoms with Crippen LogP contribution < -0.4 is 5.32 Å². The van der Waals surface area contributed by atoms with Crippen molar-refractivity contribution < 1.29 is 14.0 Å². The topological polar surface area (TPSA) is 49.4 Å². The standard InChI is InChI=1S/C19H19FN2O2/c1-14(23)22(2)13-15-6-5-8-17(12-15)21-19(24)11-10-16-7-3-4-9-18(16)20/h3-12H,13H2,1-2H3,(H,21,24)/b11-10+. The number of nitrogens with zero attached hydrogens (tertiary/aromatic N) is 1. The van der Waals surface area contributed by atoms with Crippen LogP contribution in [-0.2, 0) is 16.1 Å². The van der Waals surface area contributed by atoms with Crippen molar-refractivity contribution in [2.24, 2.45) is 0 Å². The number of anilines is 1. The van der Waals surface area contributed by atoms with Crippen LogP contribution in [0.1, 0.15) is 18.1 Å². The van der Waals surface area contributed by atoms with Crippen LogP contribution in [0.3, 0.4) is 0 Å². The second-order valence-corrected chi connectivity index (χ2v) is 5.42. The highest BCUT2D eigenvalue weighted by Crippen LogP contribution is 2.13. The molecule has 124 valence electrons. The monoisotopic (exact) mass is 326 g/mol. The number of rotatable bonds is 5. The number of carbonyl (C=O) groups excluding carboxylic acids is 2.